The highest BCUT2D eigenvalue weighted by atomic mass is 14.7. The second-order valence-corrected chi connectivity index (χ2v) is 3.64. The van der Waals surface area contributed by atoms with Crippen molar-refractivity contribution in [2.75, 3.05) is 0 Å². The van der Waals surface area contributed by atoms with Crippen LogP contribution in [0.4, 0.5) is 0 Å². The molecule has 1 aromatic carbocycles. The predicted molar refractivity (Wildman–Crippen MR) is 61.8 cm³/mol. The summed E-state index contributed by atoms with van der Waals surface area (Å²) < 4.78 is 0. The maximum absolute atomic E-state index is 4.54. The highest BCUT2D eigenvalue weighted by molar-refractivity contribution is 6.06. The van der Waals surface area contributed by atoms with Crippen molar-refractivity contribution in [2.24, 2.45) is 0 Å². The highest BCUT2D eigenvalue weighted by Gasteiger charge is 2.03. The summed E-state index contributed by atoms with van der Waals surface area (Å²) in [5.74, 6) is 0. The van der Waals surface area contributed by atoms with Crippen LogP contribution in [-0.2, 0) is 0 Å². The first-order valence-electron chi connectivity index (χ1n) is 4.95. The van der Waals surface area contributed by atoms with E-state index in [-0.39, 0.29) is 0 Å². The molecule has 15 heavy (non-hydrogen) atoms. The van der Waals surface area contributed by atoms with Crippen LogP contribution in [-0.4, -0.2) is 9.97 Å². The van der Waals surface area contributed by atoms with E-state index in [1.54, 1.807) is 0 Å². The predicted octanol–water partition coefficient (Wildman–Crippen LogP) is 3.09. The van der Waals surface area contributed by atoms with Gasteiger partial charge in [-0.3, -0.25) is 9.97 Å². The number of nitrogens with zero attached hydrogens (tertiary/aromatic N) is 2. The van der Waals surface area contributed by atoms with Gasteiger partial charge in [-0.05, 0) is 18.4 Å². The fourth-order valence-corrected chi connectivity index (χ4v) is 1.98. The van der Waals surface area contributed by atoms with E-state index in [0.717, 1.165) is 11.2 Å². The average Bonchev–Trinajstić information content (AvgIpc) is 2.30. The van der Waals surface area contributed by atoms with Crippen molar-refractivity contribution < 1.29 is 0 Å². The Bertz CT molecular complexity index is 644. The summed E-state index contributed by atoms with van der Waals surface area (Å²) in [5.41, 5.74) is 2.03. The molecule has 0 aliphatic carbocycles. The second-order valence-electron chi connectivity index (χ2n) is 3.64. The van der Waals surface area contributed by atoms with Gasteiger partial charge in [-0.25, -0.2) is 0 Å². The molecule has 0 unspecified atom stereocenters. The Labute approximate surface area is 87.6 Å². The summed E-state index contributed by atoms with van der Waals surface area (Å²) in [6, 6.07) is 10.4. The number of benzene rings is 1. The highest BCUT2D eigenvalue weighted by Crippen LogP contribution is 2.24. The molecule has 3 rings (SSSR count). The molecular formula is C13H10N2. The molecule has 2 heterocycles. The van der Waals surface area contributed by atoms with Crippen molar-refractivity contribution in [3.05, 3.63) is 48.4 Å². The summed E-state index contributed by atoms with van der Waals surface area (Å²) in [5, 5.41) is 3.64. The fourth-order valence-electron chi connectivity index (χ4n) is 1.98. The third-order valence-corrected chi connectivity index (χ3v) is 2.70. The zero-order valence-corrected chi connectivity index (χ0v) is 8.44. The third kappa shape index (κ3) is 1.18. The van der Waals surface area contributed by atoms with Crippen molar-refractivity contribution >= 4 is 21.7 Å². The van der Waals surface area contributed by atoms with Gasteiger partial charge in [0.15, 0.2) is 0 Å². The molecule has 0 saturated heterocycles. The molecule has 0 aliphatic rings. The van der Waals surface area contributed by atoms with Gasteiger partial charge >= 0.3 is 0 Å². The number of hydrogen-bond donors (Lipinski definition) is 0. The quantitative estimate of drug-likeness (QED) is 0.514. The van der Waals surface area contributed by atoms with Gasteiger partial charge in [0.25, 0.3) is 0 Å². The van der Waals surface area contributed by atoms with Crippen LogP contribution >= 0.6 is 0 Å². The number of hydrogen-bond acceptors (Lipinski definition) is 2. The molecule has 72 valence electrons. The normalized spacial score (nSPS) is 11.0. The van der Waals surface area contributed by atoms with Gasteiger partial charge in [0.05, 0.1) is 11.7 Å². The first-order chi connectivity index (χ1) is 7.36. The number of fused-ring (bicyclic) bond motifs is 3. The number of rotatable bonds is 0. The Morgan fingerprint density at radius 2 is 1.73 bits per heavy atom. The molecule has 2 heteroatoms. The number of aryl methyl sites for hydroxylation is 1. The molecule has 2 nitrogen and oxygen atoms in total. The van der Waals surface area contributed by atoms with E-state index in [1.807, 2.05) is 31.5 Å². The van der Waals surface area contributed by atoms with E-state index in [9.17, 15) is 0 Å². The standard InChI is InChI=1S/C13H10N2/c1-9-10-4-2-3-5-11(10)12-6-7-14-8-13(12)15-9/h2-8H,1H3. The molecule has 0 fully saturated rings. The van der Waals surface area contributed by atoms with E-state index in [0.29, 0.717) is 0 Å². The van der Waals surface area contributed by atoms with Gasteiger partial charge in [0, 0.05) is 22.7 Å². The zero-order chi connectivity index (χ0) is 10.3. The smallest absolute Gasteiger partial charge is 0.0894 e. The third-order valence-electron chi connectivity index (χ3n) is 2.70. The minimum absolute atomic E-state index is 0.966. The van der Waals surface area contributed by atoms with Crippen LogP contribution in [0, 0.1) is 6.92 Å². The summed E-state index contributed by atoms with van der Waals surface area (Å²) >= 11 is 0. The SMILES string of the molecule is Cc1nc2cnccc2c2ccccc12. The van der Waals surface area contributed by atoms with Crippen molar-refractivity contribution in [1.82, 2.24) is 9.97 Å². The second kappa shape index (κ2) is 3.02. The Morgan fingerprint density at radius 1 is 0.933 bits per heavy atom. The van der Waals surface area contributed by atoms with E-state index in [1.165, 1.54) is 16.2 Å². The average molecular weight is 194 g/mol. The molecule has 2 aromatic heterocycles. The van der Waals surface area contributed by atoms with E-state index < -0.39 is 0 Å². The van der Waals surface area contributed by atoms with Crippen molar-refractivity contribution in [3.63, 3.8) is 0 Å². The van der Waals surface area contributed by atoms with Crippen molar-refractivity contribution in [3.8, 4) is 0 Å². The van der Waals surface area contributed by atoms with Crippen LogP contribution in [0.25, 0.3) is 21.7 Å². The van der Waals surface area contributed by atoms with E-state index in [2.05, 4.69) is 28.2 Å². The first kappa shape index (κ1) is 8.36. The zero-order valence-electron chi connectivity index (χ0n) is 8.44. The first-order valence-corrected chi connectivity index (χ1v) is 4.95. The van der Waals surface area contributed by atoms with Gasteiger partial charge in [0.1, 0.15) is 0 Å². The van der Waals surface area contributed by atoms with E-state index >= 15 is 0 Å². The summed E-state index contributed by atoms with van der Waals surface area (Å²) in [7, 11) is 0. The van der Waals surface area contributed by atoms with Gasteiger partial charge in [-0.1, -0.05) is 24.3 Å². The maximum atomic E-state index is 4.54. The topological polar surface area (TPSA) is 25.8 Å². The lowest BCUT2D eigenvalue weighted by Gasteiger charge is -2.05. The lowest BCUT2D eigenvalue weighted by Crippen LogP contribution is -1.87. The van der Waals surface area contributed by atoms with E-state index in [4.69, 9.17) is 0 Å². The Kier molecular flexibility index (Phi) is 1.68. The maximum Gasteiger partial charge on any atom is 0.0894 e. The molecule has 0 atom stereocenters. The minimum atomic E-state index is 0.966. The largest absolute Gasteiger partial charge is 0.262 e. The number of pyridine rings is 2. The summed E-state index contributed by atoms with van der Waals surface area (Å²) in [6.45, 7) is 2.04. The Morgan fingerprint density at radius 3 is 2.60 bits per heavy atom. The van der Waals surface area contributed by atoms with Gasteiger partial charge in [-0.2, -0.15) is 0 Å². The van der Waals surface area contributed by atoms with Crippen LogP contribution in [0.2, 0.25) is 0 Å². The fraction of sp³-hybridized carbons (Fsp3) is 0.0769. The summed E-state index contributed by atoms with van der Waals surface area (Å²) in [4.78, 5) is 8.64. The molecule has 0 N–H and O–H groups in total. The van der Waals surface area contributed by atoms with Gasteiger partial charge in [0.2, 0.25) is 0 Å². The molecule has 0 spiro atoms. The monoisotopic (exact) mass is 194 g/mol. The molecule has 0 radical (unpaired) electrons. The minimum Gasteiger partial charge on any atom is -0.262 e. The van der Waals surface area contributed by atoms with Crippen LogP contribution in [0.1, 0.15) is 5.69 Å². The van der Waals surface area contributed by atoms with Gasteiger partial charge in [-0.15, -0.1) is 0 Å². The van der Waals surface area contributed by atoms with Crippen molar-refractivity contribution in [2.45, 2.75) is 6.92 Å². The van der Waals surface area contributed by atoms with Crippen LogP contribution in [0.15, 0.2) is 42.7 Å². The van der Waals surface area contributed by atoms with Crippen molar-refractivity contribution in [1.29, 1.82) is 0 Å². The van der Waals surface area contributed by atoms with Crippen LogP contribution < -0.4 is 0 Å². The molecule has 0 saturated carbocycles. The molecule has 0 aliphatic heterocycles. The number of aromatic nitrogens is 2. The molecule has 0 amide bonds. The van der Waals surface area contributed by atoms with Gasteiger partial charge < -0.3 is 0 Å². The molecule has 3 aromatic rings. The van der Waals surface area contributed by atoms with Crippen LogP contribution in [0.3, 0.4) is 0 Å². The summed E-state index contributed by atoms with van der Waals surface area (Å²) in [6.07, 6.45) is 3.63. The lowest BCUT2D eigenvalue weighted by molar-refractivity contribution is 1.26. The Hall–Kier alpha value is -1.96. The molecule has 0 bridgehead atoms. The van der Waals surface area contributed by atoms with Crippen LogP contribution in [0.5, 0.6) is 0 Å². The Balaban J connectivity index is 2.64. The lowest BCUT2D eigenvalue weighted by atomic mass is 10.1. The molecular weight excluding hydrogens is 184 g/mol.